The molecule has 0 saturated heterocycles. The standard InChI is InChI=1S/C22H20O6/c1-11-8-17-18(26-6-5-25-17)10-16(11)21-13(3)27-19-9-15(28-14(4)23)7-12(2)20(19)22(21)24/h7-10H,5-6H2,1-4H3. The highest BCUT2D eigenvalue weighted by Gasteiger charge is 2.21. The molecule has 2 aromatic carbocycles. The Kier molecular flexibility index (Phi) is 4.34. The van der Waals surface area contributed by atoms with Crippen molar-refractivity contribution in [2.75, 3.05) is 13.2 Å². The number of carbonyl (C=O) groups is 1. The molecule has 0 atom stereocenters. The van der Waals surface area contributed by atoms with E-state index in [1.54, 1.807) is 26.0 Å². The lowest BCUT2D eigenvalue weighted by molar-refractivity contribution is -0.131. The van der Waals surface area contributed by atoms with Crippen LogP contribution in [0.4, 0.5) is 0 Å². The van der Waals surface area contributed by atoms with Crippen molar-refractivity contribution < 1.29 is 23.4 Å². The fourth-order valence-electron chi connectivity index (χ4n) is 3.59. The van der Waals surface area contributed by atoms with Crippen LogP contribution in [0.3, 0.4) is 0 Å². The zero-order valence-corrected chi connectivity index (χ0v) is 16.2. The third-order valence-electron chi connectivity index (χ3n) is 4.76. The Labute approximate surface area is 161 Å². The van der Waals surface area contributed by atoms with Crippen LogP contribution in [0, 0.1) is 20.8 Å². The van der Waals surface area contributed by atoms with E-state index in [0.29, 0.717) is 58.3 Å². The van der Waals surface area contributed by atoms with E-state index in [-0.39, 0.29) is 5.43 Å². The second-order valence-electron chi connectivity index (χ2n) is 6.88. The molecule has 0 unspecified atom stereocenters. The van der Waals surface area contributed by atoms with Gasteiger partial charge in [-0.1, -0.05) is 0 Å². The van der Waals surface area contributed by atoms with Gasteiger partial charge in [-0.2, -0.15) is 0 Å². The number of benzene rings is 2. The second kappa shape index (κ2) is 6.71. The Balaban J connectivity index is 1.95. The van der Waals surface area contributed by atoms with E-state index in [0.717, 1.165) is 11.1 Å². The SMILES string of the molecule is CC(=O)Oc1cc(C)c2c(=O)c(-c3cc4c(cc3C)OCCO4)c(C)oc2c1. The summed E-state index contributed by atoms with van der Waals surface area (Å²) in [5.41, 5.74) is 3.07. The number of ether oxygens (including phenoxy) is 3. The van der Waals surface area contributed by atoms with Crippen LogP contribution in [0.25, 0.3) is 22.1 Å². The number of fused-ring (bicyclic) bond motifs is 2. The molecular formula is C22H20O6. The lowest BCUT2D eigenvalue weighted by Gasteiger charge is -2.20. The van der Waals surface area contributed by atoms with Crippen molar-refractivity contribution in [2.24, 2.45) is 0 Å². The fourth-order valence-corrected chi connectivity index (χ4v) is 3.59. The van der Waals surface area contributed by atoms with Gasteiger partial charge in [0.1, 0.15) is 30.3 Å². The van der Waals surface area contributed by atoms with Gasteiger partial charge in [0.25, 0.3) is 0 Å². The van der Waals surface area contributed by atoms with E-state index in [1.807, 2.05) is 19.1 Å². The first kappa shape index (κ1) is 18.1. The molecule has 1 aliphatic rings. The fraction of sp³-hybridized carbons (Fsp3) is 0.273. The molecule has 0 radical (unpaired) electrons. The maximum absolute atomic E-state index is 13.4. The van der Waals surface area contributed by atoms with Crippen molar-refractivity contribution in [1.29, 1.82) is 0 Å². The van der Waals surface area contributed by atoms with Crippen LogP contribution in [0.15, 0.2) is 33.5 Å². The predicted octanol–water partition coefficient (Wildman–Crippen LogP) is 4.08. The summed E-state index contributed by atoms with van der Waals surface area (Å²) in [6.07, 6.45) is 0. The van der Waals surface area contributed by atoms with Gasteiger partial charge in [0.15, 0.2) is 11.5 Å². The zero-order valence-electron chi connectivity index (χ0n) is 16.2. The van der Waals surface area contributed by atoms with Gasteiger partial charge in [-0.05, 0) is 55.7 Å². The molecule has 1 aliphatic heterocycles. The molecule has 1 aromatic heterocycles. The molecule has 0 aliphatic carbocycles. The molecule has 0 saturated carbocycles. The first-order valence-corrected chi connectivity index (χ1v) is 9.02. The highest BCUT2D eigenvalue weighted by molar-refractivity contribution is 5.88. The molecule has 2 heterocycles. The third-order valence-corrected chi connectivity index (χ3v) is 4.76. The molecule has 28 heavy (non-hydrogen) atoms. The molecule has 0 N–H and O–H groups in total. The van der Waals surface area contributed by atoms with Gasteiger partial charge in [-0.15, -0.1) is 0 Å². The summed E-state index contributed by atoms with van der Waals surface area (Å²) in [5, 5.41) is 0.464. The van der Waals surface area contributed by atoms with Crippen LogP contribution < -0.4 is 19.6 Å². The molecule has 4 rings (SSSR count). The van der Waals surface area contributed by atoms with Crippen LogP contribution in [0.5, 0.6) is 17.2 Å². The summed E-state index contributed by atoms with van der Waals surface area (Å²) in [5.74, 6) is 1.70. The van der Waals surface area contributed by atoms with Gasteiger partial charge in [0.05, 0.1) is 10.9 Å². The third kappa shape index (κ3) is 3.01. The number of rotatable bonds is 2. The molecule has 0 fully saturated rings. The number of aryl methyl sites for hydroxylation is 3. The monoisotopic (exact) mass is 380 g/mol. The lowest BCUT2D eigenvalue weighted by atomic mass is 9.96. The van der Waals surface area contributed by atoms with Gasteiger partial charge in [0, 0.05) is 13.0 Å². The van der Waals surface area contributed by atoms with Gasteiger partial charge in [-0.25, -0.2) is 0 Å². The minimum absolute atomic E-state index is 0.134. The van der Waals surface area contributed by atoms with E-state index in [2.05, 4.69) is 0 Å². The van der Waals surface area contributed by atoms with Crippen molar-refractivity contribution in [2.45, 2.75) is 27.7 Å². The van der Waals surface area contributed by atoms with Gasteiger partial charge in [-0.3, -0.25) is 9.59 Å². The number of hydrogen-bond donors (Lipinski definition) is 0. The summed E-state index contributed by atoms with van der Waals surface area (Å²) in [6, 6.07) is 6.94. The Bertz CT molecular complexity index is 1170. The molecule has 6 heteroatoms. The Morgan fingerprint density at radius 3 is 2.32 bits per heavy atom. The summed E-state index contributed by atoms with van der Waals surface area (Å²) < 4.78 is 22.4. The number of carbonyl (C=O) groups excluding carboxylic acids is 1. The van der Waals surface area contributed by atoms with Gasteiger partial charge < -0.3 is 18.6 Å². The van der Waals surface area contributed by atoms with Crippen molar-refractivity contribution in [1.82, 2.24) is 0 Å². The minimum Gasteiger partial charge on any atom is -0.486 e. The molecular weight excluding hydrogens is 360 g/mol. The Morgan fingerprint density at radius 2 is 1.64 bits per heavy atom. The predicted molar refractivity (Wildman–Crippen MR) is 104 cm³/mol. The van der Waals surface area contributed by atoms with E-state index in [9.17, 15) is 9.59 Å². The number of hydrogen-bond acceptors (Lipinski definition) is 6. The van der Waals surface area contributed by atoms with Crippen molar-refractivity contribution in [3.63, 3.8) is 0 Å². The van der Waals surface area contributed by atoms with Gasteiger partial charge >= 0.3 is 5.97 Å². The quantitative estimate of drug-likeness (QED) is 0.493. The second-order valence-corrected chi connectivity index (χ2v) is 6.88. The van der Waals surface area contributed by atoms with Gasteiger partial charge in [0.2, 0.25) is 5.43 Å². The Hall–Kier alpha value is -3.28. The summed E-state index contributed by atoms with van der Waals surface area (Å²) in [7, 11) is 0. The van der Waals surface area contributed by atoms with E-state index < -0.39 is 5.97 Å². The average molecular weight is 380 g/mol. The maximum atomic E-state index is 13.4. The molecule has 0 spiro atoms. The van der Waals surface area contributed by atoms with Crippen LogP contribution in [-0.2, 0) is 4.79 Å². The topological polar surface area (TPSA) is 75.0 Å². The lowest BCUT2D eigenvalue weighted by Crippen LogP contribution is -2.16. The van der Waals surface area contributed by atoms with Crippen molar-refractivity contribution in [3.8, 4) is 28.4 Å². The van der Waals surface area contributed by atoms with Crippen molar-refractivity contribution >= 4 is 16.9 Å². The zero-order chi connectivity index (χ0) is 20.0. The first-order valence-electron chi connectivity index (χ1n) is 9.02. The normalized spacial score (nSPS) is 12.9. The summed E-state index contributed by atoms with van der Waals surface area (Å²) in [6.45, 7) is 7.77. The van der Waals surface area contributed by atoms with Crippen molar-refractivity contribution in [3.05, 3.63) is 51.4 Å². The van der Waals surface area contributed by atoms with E-state index in [1.165, 1.54) is 6.92 Å². The smallest absolute Gasteiger partial charge is 0.308 e. The van der Waals surface area contributed by atoms with E-state index >= 15 is 0 Å². The molecule has 0 amide bonds. The summed E-state index contributed by atoms with van der Waals surface area (Å²) >= 11 is 0. The number of esters is 1. The van der Waals surface area contributed by atoms with Crippen LogP contribution >= 0.6 is 0 Å². The average Bonchev–Trinajstić information content (AvgIpc) is 2.60. The largest absolute Gasteiger partial charge is 0.486 e. The maximum Gasteiger partial charge on any atom is 0.308 e. The highest BCUT2D eigenvalue weighted by Crippen LogP contribution is 2.38. The Morgan fingerprint density at radius 1 is 0.964 bits per heavy atom. The van der Waals surface area contributed by atoms with E-state index in [4.69, 9.17) is 18.6 Å². The summed E-state index contributed by atoms with van der Waals surface area (Å²) in [4.78, 5) is 24.6. The van der Waals surface area contributed by atoms with Crippen LogP contribution in [0.1, 0.15) is 23.8 Å². The van der Waals surface area contributed by atoms with Crippen LogP contribution in [-0.4, -0.2) is 19.2 Å². The highest BCUT2D eigenvalue weighted by atomic mass is 16.6. The minimum atomic E-state index is -0.429. The molecule has 144 valence electrons. The first-order chi connectivity index (χ1) is 13.3. The molecule has 0 bridgehead atoms. The van der Waals surface area contributed by atoms with Crippen LogP contribution in [0.2, 0.25) is 0 Å². The molecule has 3 aromatic rings. The molecule has 6 nitrogen and oxygen atoms in total.